The van der Waals surface area contributed by atoms with E-state index in [4.69, 9.17) is 5.11 Å². The van der Waals surface area contributed by atoms with Crippen molar-refractivity contribution in [1.82, 2.24) is 9.88 Å². The minimum absolute atomic E-state index is 0.203. The second kappa shape index (κ2) is 6.53. The summed E-state index contributed by atoms with van der Waals surface area (Å²) in [4.78, 5) is 6.31. The van der Waals surface area contributed by atoms with E-state index in [-0.39, 0.29) is 6.10 Å². The van der Waals surface area contributed by atoms with Crippen LogP contribution in [0.5, 0.6) is 0 Å². The Morgan fingerprint density at radius 2 is 2.27 bits per heavy atom. The van der Waals surface area contributed by atoms with Gasteiger partial charge in [0.25, 0.3) is 0 Å². The summed E-state index contributed by atoms with van der Waals surface area (Å²) in [6.07, 6.45) is 5.35. The van der Waals surface area contributed by atoms with E-state index in [0.29, 0.717) is 0 Å². The van der Waals surface area contributed by atoms with E-state index in [1.807, 2.05) is 19.2 Å². The van der Waals surface area contributed by atoms with E-state index >= 15 is 0 Å². The number of pyridine rings is 1. The Labute approximate surface area is 91.8 Å². The molecule has 3 nitrogen and oxygen atoms in total. The average Bonchev–Trinajstić information content (AvgIpc) is 2.25. The molecule has 0 amide bonds. The third-order valence-corrected chi connectivity index (χ3v) is 2.43. The number of likely N-dealkylation sites (N-methyl/N-ethyl adjacent to an activating group) is 1. The molecule has 1 N–H and O–H groups in total. The second-order valence-corrected chi connectivity index (χ2v) is 4.05. The van der Waals surface area contributed by atoms with Crippen LogP contribution in [0, 0.1) is 0 Å². The van der Waals surface area contributed by atoms with Gasteiger partial charge in [-0.15, -0.1) is 0 Å². The monoisotopic (exact) mass is 208 g/mol. The van der Waals surface area contributed by atoms with E-state index in [1.165, 1.54) is 5.56 Å². The number of hydrogen-bond donors (Lipinski definition) is 1. The van der Waals surface area contributed by atoms with Gasteiger partial charge in [0.2, 0.25) is 0 Å². The van der Waals surface area contributed by atoms with Crippen molar-refractivity contribution in [3.63, 3.8) is 0 Å². The molecule has 15 heavy (non-hydrogen) atoms. The Balaban J connectivity index is 2.19. The summed E-state index contributed by atoms with van der Waals surface area (Å²) in [6, 6.07) is 4.06. The predicted octanol–water partition coefficient (Wildman–Crippen LogP) is 1.33. The first-order valence-corrected chi connectivity index (χ1v) is 5.44. The van der Waals surface area contributed by atoms with E-state index in [1.54, 1.807) is 6.20 Å². The van der Waals surface area contributed by atoms with Crippen molar-refractivity contribution in [1.29, 1.82) is 0 Å². The number of aliphatic hydroxyl groups is 1. The third kappa shape index (κ3) is 5.50. The highest BCUT2D eigenvalue weighted by Crippen LogP contribution is 1.99. The quantitative estimate of drug-likeness (QED) is 0.766. The van der Waals surface area contributed by atoms with Crippen LogP contribution >= 0.6 is 0 Å². The van der Waals surface area contributed by atoms with Gasteiger partial charge in [-0.2, -0.15) is 0 Å². The minimum Gasteiger partial charge on any atom is -0.393 e. The first-order chi connectivity index (χ1) is 7.18. The Kier molecular flexibility index (Phi) is 5.29. The van der Waals surface area contributed by atoms with Crippen molar-refractivity contribution in [2.45, 2.75) is 25.9 Å². The van der Waals surface area contributed by atoms with Gasteiger partial charge in [-0.25, -0.2) is 0 Å². The van der Waals surface area contributed by atoms with Crippen LogP contribution in [0.15, 0.2) is 24.5 Å². The lowest BCUT2D eigenvalue weighted by Crippen LogP contribution is -2.24. The molecule has 0 aromatic carbocycles. The van der Waals surface area contributed by atoms with Gasteiger partial charge in [-0.3, -0.25) is 4.98 Å². The van der Waals surface area contributed by atoms with Crippen molar-refractivity contribution in [2.24, 2.45) is 0 Å². The highest BCUT2D eigenvalue weighted by Gasteiger charge is 2.01. The van der Waals surface area contributed by atoms with Crippen LogP contribution in [0.4, 0.5) is 0 Å². The van der Waals surface area contributed by atoms with Crippen molar-refractivity contribution >= 4 is 0 Å². The van der Waals surface area contributed by atoms with Crippen molar-refractivity contribution in [2.75, 3.05) is 20.1 Å². The van der Waals surface area contributed by atoms with Crippen LogP contribution in [0.25, 0.3) is 0 Å². The van der Waals surface area contributed by atoms with E-state index < -0.39 is 0 Å². The third-order valence-electron chi connectivity index (χ3n) is 2.43. The molecule has 1 aromatic rings. The van der Waals surface area contributed by atoms with Gasteiger partial charge in [0.05, 0.1) is 6.10 Å². The fraction of sp³-hybridized carbons (Fsp3) is 0.583. The van der Waals surface area contributed by atoms with Gasteiger partial charge in [-0.05, 0) is 38.4 Å². The van der Waals surface area contributed by atoms with Gasteiger partial charge < -0.3 is 10.0 Å². The summed E-state index contributed by atoms with van der Waals surface area (Å²) >= 11 is 0. The molecule has 0 bridgehead atoms. The summed E-state index contributed by atoms with van der Waals surface area (Å²) < 4.78 is 0. The maximum Gasteiger partial charge on any atom is 0.0524 e. The molecule has 0 saturated carbocycles. The van der Waals surface area contributed by atoms with Gasteiger partial charge in [0, 0.05) is 25.5 Å². The highest BCUT2D eigenvalue weighted by atomic mass is 16.3. The molecule has 0 fully saturated rings. The second-order valence-electron chi connectivity index (χ2n) is 4.05. The molecule has 1 heterocycles. The van der Waals surface area contributed by atoms with E-state index in [0.717, 1.165) is 25.9 Å². The molecule has 1 unspecified atom stereocenters. The van der Waals surface area contributed by atoms with Crippen LogP contribution < -0.4 is 0 Å². The molecule has 1 atom stereocenters. The molecule has 0 saturated heterocycles. The minimum atomic E-state index is -0.203. The predicted molar refractivity (Wildman–Crippen MR) is 61.7 cm³/mol. The fourth-order valence-corrected chi connectivity index (χ4v) is 1.38. The van der Waals surface area contributed by atoms with Crippen molar-refractivity contribution in [3.8, 4) is 0 Å². The largest absolute Gasteiger partial charge is 0.393 e. The average molecular weight is 208 g/mol. The molecule has 0 aliphatic carbocycles. The molecular weight excluding hydrogens is 188 g/mol. The first kappa shape index (κ1) is 12.1. The molecule has 0 spiro atoms. The molecule has 1 rings (SSSR count). The summed E-state index contributed by atoms with van der Waals surface area (Å²) in [5, 5.41) is 9.15. The van der Waals surface area contributed by atoms with Crippen LogP contribution in [0.3, 0.4) is 0 Å². The van der Waals surface area contributed by atoms with Crippen LogP contribution in [-0.4, -0.2) is 41.2 Å². The number of nitrogens with zero attached hydrogens (tertiary/aromatic N) is 2. The Morgan fingerprint density at radius 1 is 1.47 bits per heavy atom. The first-order valence-electron chi connectivity index (χ1n) is 5.44. The number of aliphatic hydroxyl groups excluding tert-OH is 1. The molecule has 0 radical (unpaired) electrons. The highest BCUT2D eigenvalue weighted by molar-refractivity contribution is 5.08. The number of hydrogen-bond acceptors (Lipinski definition) is 3. The standard InChI is InChI=1S/C12H20N2O/c1-11(15)5-8-14(2)9-6-12-4-3-7-13-10-12/h3-4,7,10-11,15H,5-6,8-9H2,1-2H3. The van der Waals surface area contributed by atoms with E-state index in [9.17, 15) is 0 Å². The number of rotatable bonds is 6. The fourth-order valence-electron chi connectivity index (χ4n) is 1.38. The zero-order chi connectivity index (χ0) is 11.1. The van der Waals surface area contributed by atoms with Crippen LogP contribution in [0.2, 0.25) is 0 Å². The van der Waals surface area contributed by atoms with Gasteiger partial charge in [0.1, 0.15) is 0 Å². The molecular formula is C12H20N2O. The molecule has 3 heteroatoms. The molecule has 0 aliphatic heterocycles. The summed E-state index contributed by atoms with van der Waals surface area (Å²) in [6.45, 7) is 3.78. The lowest BCUT2D eigenvalue weighted by Gasteiger charge is -2.17. The SMILES string of the molecule is CC(O)CCN(C)CCc1cccnc1. The zero-order valence-corrected chi connectivity index (χ0v) is 9.56. The normalized spacial score (nSPS) is 13.1. The Bertz CT molecular complexity index is 262. The molecule has 0 aliphatic rings. The molecule has 84 valence electrons. The van der Waals surface area contributed by atoms with Crippen LogP contribution in [-0.2, 0) is 6.42 Å². The summed E-state index contributed by atoms with van der Waals surface area (Å²) in [7, 11) is 2.08. The van der Waals surface area contributed by atoms with E-state index in [2.05, 4.69) is 23.0 Å². The Hall–Kier alpha value is -0.930. The lowest BCUT2D eigenvalue weighted by molar-refractivity contribution is 0.165. The van der Waals surface area contributed by atoms with Crippen molar-refractivity contribution in [3.05, 3.63) is 30.1 Å². The summed E-state index contributed by atoms with van der Waals surface area (Å²) in [5.41, 5.74) is 1.27. The van der Waals surface area contributed by atoms with Gasteiger partial charge >= 0.3 is 0 Å². The molecule has 1 aromatic heterocycles. The Morgan fingerprint density at radius 3 is 2.87 bits per heavy atom. The topological polar surface area (TPSA) is 36.4 Å². The van der Waals surface area contributed by atoms with Crippen molar-refractivity contribution < 1.29 is 5.11 Å². The summed E-state index contributed by atoms with van der Waals surface area (Å²) in [5.74, 6) is 0. The van der Waals surface area contributed by atoms with Gasteiger partial charge in [-0.1, -0.05) is 6.07 Å². The van der Waals surface area contributed by atoms with Crippen LogP contribution in [0.1, 0.15) is 18.9 Å². The van der Waals surface area contributed by atoms with Gasteiger partial charge in [0.15, 0.2) is 0 Å². The smallest absolute Gasteiger partial charge is 0.0524 e. The number of aromatic nitrogens is 1. The lowest BCUT2D eigenvalue weighted by atomic mass is 10.2. The maximum atomic E-state index is 9.15. The maximum absolute atomic E-state index is 9.15. The zero-order valence-electron chi connectivity index (χ0n) is 9.56.